The number of rotatable bonds is 7. The molecule has 6 nitrogen and oxygen atoms in total. The summed E-state index contributed by atoms with van der Waals surface area (Å²) in [5.41, 5.74) is 2.13. The summed E-state index contributed by atoms with van der Waals surface area (Å²) in [5.74, 6) is 0.466. The molecule has 0 atom stereocenters. The SMILES string of the molecule is C=C(C)C(=O)NCc1nc2ccccc2n1CC(=O)N(C(C)C)C(C)C. The van der Waals surface area contributed by atoms with Crippen molar-refractivity contribution in [1.29, 1.82) is 0 Å². The van der Waals surface area contributed by atoms with Gasteiger partial charge in [0.05, 0.1) is 17.6 Å². The van der Waals surface area contributed by atoms with Gasteiger partial charge in [-0.1, -0.05) is 18.7 Å². The molecule has 0 saturated carbocycles. The Morgan fingerprint density at radius 3 is 2.38 bits per heavy atom. The second-order valence-corrected chi connectivity index (χ2v) is 7.05. The molecule has 2 aromatic rings. The van der Waals surface area contributed by atoms with Gasteiger partial charge in [0.25, 0.3) is 0 Å². The fraction of sp³-hybridized carbons (Fsp3) is 0.450. The lowest BCUT2D eigenvalue weighted by molar-refractivity contribution is -0.135. The van der Waals surface area contributed by atoms with Gasteiger partial charge < -0.3 is 14.8 Å². The largest absolute Gasteiger partial charge is 0.345 e. The fourth-order valence-electron chi connectivity index (χ4n) is 3.14. The zero-order valence-corrected chi connectivity index (χ0v) is 16.2. The molecule has 2 rings (SSSR count). The number of benzene rings is 1. The summed E-state index contributed by atoms with van der Waals surface area (Å²) in [5, 5.41) is 2.80. The van der Waals surface area contributed by atoms with Crippen LogP contribution >= 0.6 is 0 Å². The van der Waals surface area contributed by atoms with Crippen molar-refractivity contribution < 1.29 is 9.59 Å². The molecule has 1 heterocycles. The van der Waals surface area contributed by atoms with E-state index in [0.29, 0.717) is 11.4 Å². The van der Waals surface area contributed by atoms with Gasteiger partial charge in [-0.25, -0.2) is 4.98 Å². The molecule has 2 amide bonds. The van der Waals surface area contributed by atoms with E-state index in [4.69, 9.17) is 0 Å². The van der Waals surface area contributed by atoms with E-state index in [2.05, 4.69) is 16.9 Å². The van der Waals surface area contributed by atoms with E-state index in [-0.39, 0.29) is 37.0 Å². The predicted molar refractivity (Wildman–Crippen MR) is 104 cm³/mol. The lowest BCUT2D eigenvalue weighted by Crippen LogP contribution is -2.44. The third kappa shape index (κ3) is 4.31. The van der Waals surface area contributed by atoms with Crippen molar-refractivity contribution in [2.75, 3.05) is 0 Å². The Bertz CT molecular complexity index is 812. The molecule has 0 spiro atoms. The molecule has 0 fully saturated rings. The van der Waals surface area contributed by atoms with E-state index in [1.807, 2.05) is 61.4 Å². The topological polar surface area (TPSA) is 67.2 Å². The number of para-hydroxylation sites is 2. The van der Waals surface area contributed by atoms with Crippen LogP contribution < -0.4 is 5.32 Å². The van der Waals surface area contributed by atoms with Crippen molar-refractivity contribution in [3.05, 3.63) is 42.2 Å². The summed E-state index contributed by atoms with van der Waals surface area (Å²) in [6.07, 6.45) is 0. The number of nitrogens with zero attached hydrogens (tertiary/aromatic N) is 3. The first kappa shape index (κ1) is 19.7. The van der Waals surface area contributed by atoms with Crippen molar-refractivity contribution >= 4 is 22.8 Å². The molecule has 0 aliphatic heterocycles. The summed E-state index contributed by atoms with van der Waals surface area (Å²) in [7, 11) is 0. The van der Waals surface area contributed by atoms with Crippen molar-refractivity contribution in [2.45, 2.75) is 59.8 Å². The average Bonchev–Trinajstić information content (AvgIpc) is 2.89. The molecule has 0 aliphatic carbocycles. The van der Waals surface area contributed by atoms with E-state index < -0.39 is 0 Å². The number of hydrogen-bond acceptors (Lipinski definition) is 3. The molecule has 1 aromatic carbocycles. The molecule has 1 aromatic heterocycles. The van der Waals surface area contributed by atoms with Crippen LogP contribution in [0.2, 0.25) is 0 Å². The van der Waals surface area contributed by atoms with Crippen LogP contribution in [0.3, 0.4) is 0 Å². The van der Waals surface area contributed by atoms with E-state index in [1.165, 1.54) is 0 Å². The Morgan fingerprint density at radius 1 is 1.19 bits per heavy atom. The number of amides is 2. The molecule has 0 aliphatic rings. The Hall–Kier alpha value is -2.63. The Kier molecular flexibility index (Phi) is 6.18. The highest BCUT2D eigenvalue weighted by Crippen LogP contribution is 2.17. The van der Waals surface area contributed by atoms with Crippen LogP contribution in [0, 0.1) is 0 Å². The summed E-state index contributed by atoms with van der Waals surface area (Å²) in [4.78, 5) is 31.2. The summed E-state index contributed by atoms with van der Waals surface area (Å²) < 4.78 is 1.88. The second-order valence-electron chi connectivity index (χ2n) is 7.05. The van der Waals surface area contributed by atoms with Crippen LogP contribution in [-0.2, 0) is 22.7 Å². The standard InChI is InChI=1S/C20H28N4O2/c1-13(2)20(26)21-11-18-22-16-9-7-8-10-17(16)23(18)12-19(25)24(14(3)4)15(5)6/h7-10,14-15H,1,11-12H2,2-6H3,(H,21,26). The summed E-state index contributed by atoms with van der Waals surface area (Å²) in [6.45, 7) is 13.8. The number of imidazole rings is 1. The summed E-state index contributed by atoms with van der Waals surface area (Å²) >= 11 is 0. The van der Waals surface area contributed by atoms with Crippen molar-refractivity contribution in [2.24, 2.45) is 0 Å². The molecule has 0 saturated heterocycles. The Labute approximate surface area is 154 Å². The quantitative estimate of drug-likeness (QED) is 0.776. The molecule has 0 unspecified atom stereocenters. The first-order valence-corrected chi connectivity index (χ1v) is 8.91. The highest BCUT2D eigenvalue weighted by atomic mass is 16.2. The average molecular weight is 356 g/mol. The van der Waals surface area contributed by atoms with Crippen LogP contribution in [0.25, 0.3) is 11.0 Å². The van der Waals surface area contributed by atoms with Gasteiger partial charge in [0.2, 0.25) is 11.8 Å². The normalized spacial score (nSPS) is 11.2. The number of carbonyl (C=O) groups is 2. The minimum atomic E-state index is -0.221. The van der Waals surface area contributed by atoms with E-state index in [1.54, 1.807) is 6.92 Å². The highest BCUT2D eigenvalue weighted by molar-refractivity contribution is 5.92. The fourth-order valence-corrected chi connectivity index (χ4v) is 3.14. The van der Waals surface area contributed by atoms with Gasteiger partial charge in [0.15, 0.2) is 0 Å². The van der Waals surface area contributed by atoms with E-state index >= 15 is 0 Å². The number of aromatic nitrogens is 2. The number of carbonyl (C=O) groups excluding carboxylic acids is 2. The maximum Gasteiger partial charge on any atom is 0.246 e. The number of hydrogen-bond donors (Lipinski definition) is 1. The molecule has 6 heteroatoms. The van der Waals surface area contributed by atoms with Crippen molar-refractivity contribution in [3.8, 4) is 0 Å². The lowest BCUT2D eigenvalue weighted by atomic mass is 10.2. The first-order chi connectivity index (χ1) is 12.2. The molecule has 140 valence electrons. The molecule has 0 bridgehead atoms. The third-order valence-electron chi connectivity index (χ3n) is 4.22. The van der Waals surface area contributed by atoms with Crippen molar-refractivity contribution in [1.82, 2.24) is 19.8 Å². The van der Waals surface area contributed by atoms with Gasteiger partial charge in [0, 0.05) is 17.7 Å². The smallest absolute Gasteiger partial charge is 0.246 e. The number of fused-ring (bicyclic) bond motifs is 1. The van der Waals surface area contributed by atoms with E-state index in [0.717, 1.165) is 11.0 Å². The second kappa shape index (κ2) is 8.17. The number of nitrogens with one attached hydrogen (secondary N) is 1. The zero-order chi connectivity index (χ0) is 19.4. The van der Waals surface area contributed by atoms with Gasteiger partial charge in [0.1, 0.15) is 12.4 Å². The Balaban J connectivity index is 2.34. The van der Waals surface area contributed by atoms with Gasteiger partial charge in [-0.05, 0) is 46.8 Å². The minimum absolute atomic E-state index is 0.0330. The minimum Gasteiger partial charge on any atom is -0.345 e. The Morgan fingerprint density at radius 2 is 1.81 bits per heavy atom. The lowest BCUT2D eigenvalue weighted by Gasteiger charge is -2.31. The maximum atomic E-state index is 12.9. The third-order valence-corrected chi connectivity index (χ3v) is 4.22. The monoisotopic (exact) mass is 356 g/mol. The highest BCUT2D eigenvalue weighted by Gasteiger charge is 2.22. The van der Waals surface area contributed by atoms with Crippen LogP contribution in [0.4, 0.5) is 0 Å². The molecular weight excluding hydrogens is 328 g/mol. The van der Waals surface area contributed by atoms with Crippen LogP contribution in [-0.4, -0.2) is 38.3 Å². The molecule has 0 radical (unpaired) electrons. The predicted octanol–water partition coefficient (Wildman–Crippen LogP) is 2.87. The summed E-state index contributed by atoms with van der Waals surface area (Å²) in [6, 6.07) is 7.90. The van der Waals surface area contributed by atoms with E-state index in [9.17, 15) is 9.59 Å². The molecule has 26 heavy (non-hydrogen) atoms. The van der Waals surface area contributed by atoms with Gasteiger partial charge in [-0.15, -0.1) is 0 Å². The van der Waals surface area contributed by atoms with Crippen molar-refractivity contribution in [3.63, 3.8) is 0 Å². The zero-order valence-electron chi connectivity index (χ0n) is 16.2. The van der Waals surface area contributed by atoms with Crippen LogP contribution in [0.5, 0.6) is 0 Å². The molecular formula is C20H28N4O2. The van der Waals surface area contributed by atoms with Crippen LogP contribution in [0.15, 0.2) is 36.4 Å². The maximum absolute atomic E-state index is 12.9. The molecule has 1 N–H and O–H groups in total. The van der Waals surface area contributed by atoms with Gasteiger partial charge in [-0.3, -0.25) is 9.59 Å². The van der Waals surface area contributed by atoms with Gasteiger partial charge in [-0.2, -0.15) is 0 Å². The van der Waals surface area contributed by atoms with Crippen LogP contribution in [0.1, 0.15) is 40.4 Å². The van der Waals surface area contributed by atoms with Gasteiger partial charge >= 0.3 is 0 Å². The first-order valence-electron chi connectivity index (χ1n) is 8.91.